The van der Waals surface area contributed by atoms with Crippen LogP contribution in [0.1, 0.15) is 6.92 Å². The Morgan fingerprint density at radius 3 is 2.67 bits per heavy atom. The van der Waals surface area contributed by atoms with Crippen molar-refractivity contribution in [2.45, 2.75) is 6.92 Å². The summed E-state index contributed by atoms with van der Waals surface area (Å²) in [5.41, 5.74) is 1.45. The minimum absolute atomic E-state index is 0.252. The Morgan fingerprint density at radius 2 is 2.50 bits per heavy atom. The van der Waals surface area contributed by atoms with Crippen LogP contribution in [0.15, 0.2) is 21.6 Å². The van der Waals surface area contributed by atoms with Gasteiger partial charge in [0.25, 0.3) is 0 Å². The van der Waals surface area contributed by atoms with E-state index in [0.717, 1.165) is 0 Å². The third-order valence-corrected chi connectivity index (χ3v) is 2.81. The zero-order valence-electron chi connectivity index (χ0n) is 3.73. The summed E-state index contributed by atoms with van der Waals surface area (Å²) < 4.78 is 0. The summed E-state index contributed by atoms with van der Waals surface area (Å²) in [4.78, 5) is 4.62. The van der Waals surface area contributed by atoms with Gasteiger partial charge < -0.3 is 0 Å². The molecule has 0 aromatic rings. The van der Waals surface area contributed by atoms with Gasteiger partial charge in [-0.2, -0.15) is 0 Å². The molecule has 0 saturated heterocycles. The van der Waals surface area contributed by atoms with Gasteiger partial charge in [-0.3, -0.25) is 0 Å². The molecule has 0 unspecified atom stereocenters. The second-order valence-electron chi connectivity index (χ2n) is 1.39. The normalized spacial score (nSPS) is 25.2. The van der Waals surface area contributed by atoms with Gasteiger partial charge in [0.2, 0.25) is 0 Å². The number of hydrogen-bond donors (Lipinski definition) is 0. The van der Waals surface area contributed by atoms with E-state index in [1.807, 2.05) is 0 Å². The fourth-order valence-electron chi connectivity index (χ4n) is 0.407. The molecule has 1 aliphatic rings. The Morgan fingerprint density at radius 1 is 1.67 bits per heavy atom. The van der Waals surface area contributed by atoms with Gasteiger partial charge in [0.1, 0.15) is 0 Å². The van der Waals surface area contributed by atoms with Gasteiger partial charge in [-0.05, 0) is 0 Å². The maximum absolute atomic E-state index is 2.33. The van der Waals surface area contributed by atoms with E-state index in [9.17, 15) is 0 Å². The van der Waals surface area contributed by atoms with Crippen LogP contribution in [0, 0.1) is 0 Å². The van der Waals surface area contributed by atoms with Gasteiger partial charge in [-0.15, -0.1) is 0 Å². The minimum atomic E-state index is 0.252. The van der Waals surface area contributed by atoms with E-state index >= 15 is 0 Å². The predicted octanol–water partition coefficient (Wildman–Crippen LogP) is 0.586. The average molecular weight is 147 g/mol. The molecule has 0 spiro atoms. The quantitative estimate of drug-likeness (QED) is 0.440. The SMILES string of the molecule is CC1=C[SeH2]C=C1. The van der Waals surface area contributed by atoms with Gasteiger partial charge in [0.05, 0.1) is 0 Å². The summed E-state index contributed by atoms with van der Waals surface area (Å²) in [6.07, 6.45) is 2.19. The van der Waals surface area contributed by atoms with E-state index in [2.05, 4.69) is 22.9 Å². The summed E-state index contributed by atoms with van der Waals surface area (Å²) in [5.74, 6) is 0. The van der Waals surface area contributed by atoms with Crippen LogP contribution in [0.3, 0.4) is 0 Å². The summed E-state index contributed by atoms with van der Waals surface area (Å²) in [7, 11) is 0. The van der Waals surface area contributed by atoms with Crippen LogP contribution in [0.5, 0.6) is 0 Å². The van der Waals surface area contributed by atoms with Crippen molar-refractivity contribution >= 4 is 15.0 Å². The van der Waals surface area contributed by atoms with E-state index < -0.39 is 0 Å². The molecule has 1 rings (SSSR count). The van der Waals surface area contributed by atoms with Gasteiger partial charge in [-0.1, -0.05) is 0 Å². The Balaban J connectivity index is 2.68. The zero-order chi connectivity index (χ0) is 4.41. The van der Waals surface area contributed by atoms with Crippen molar-refractivity contribution in [2.24, 2.45) is 0 Å². The van der Waals surface area contributed by atoms with E-state index in [1.165, 1.54) is 5.57 Å². The molecule has 0 radical (unpaired) electrons. The Kier molecular flexibility index (Phi) is 1.13. The van der Waals surface area contributed by atoms with Crippen molar-refractivity contribution in [3.63, 3.8) is 0 Å². The molecule has 1 aliphatic heterocycles. The second-order valence-corrected chi connectivity index (χ2v) is 3.39. The molecule has 0 aromatic heterocycles. The van der Waals surface area contributed by atoms with Crippen LogP contribution in [-0.2, 0) is 0 Å². The van der Waals surface area contributed by atoms with E-state index in [1.54, 1.807) is 0 Å². The molecule has 0 amide bonds. The first-order valence-electron chi connectivity index (χ1n) is 1.99. The molecule has 34 valence electrons. The van der Waals surface area contributed by atoms with Gasteiger partial charge in [0.15, 0.2) is 0 Å². The molecular formula is C5H8Se. The van der Waals surface area contributed by atoms with E-state index in [-0.39, 0.29) is 15.0 Å². The molecule has 1 heteroatoms. The standard InChI is InChI=1S/C5H8Se/c1-5-2-3-6-4-5/h2-4H,6H2,1H3. The van der Waals surface area contributed by atoms with Crippen LogP contribution >= 0.6 is 0 Å². The predicted molar refractivity (Wildman–Crippen MR) is 31.4 cm³/mol. The number of allylic oxidation sites excluding steroid dienone is 2. The molecular weight excluding hydrogens is 139 g/mol. The monoisotopic (exact) mass is 148 g/mol. The fraction of sp³-hybridized carbons (Fsp3) is 0.200. The van der Waals surface area contributed by atoms with Crippen molar-refractivity contribution in [3.8, 4) is 0 Å². The number of rotatable bonds is 0. The topological polar surface area (TPSA) is 0 Å². The van der Waals surface area contributed by atoms with Crippen LogP contribution < -0.4 is 0 Å². The van der Waals surface area contributed by atoms with Crippen molar-refractivity contribution < 1.29 is 0 Å². The van der Waals surface area contributed by atoms with Crippen LogP contribution in [0.4, 0.5) is 0 Å². The van der Waals surface area contributed by atoms with Gasteiger partial charge in [0, 0.05) is 0 Å². The average Bonchev–Trinajstić information content (AvgIpc) is 1.86. The number of hydrogen-bond acceptors (Lipinski definition) is 0. The van der Waals surface area contributed by atoms with E-state index in [0.29, 0.717) is 0 Å². The van der Waals surface area contributed by atoms with Crippen molar-refractivity contribution in [2.75, 3.05) is 0 Å². The summed E-state index contributed by atoms with van der Waals surface area (Å²) >= 11 is 0.252. The van der Waals surface area contributed by atoms with Crippen LogP contribution in [0.2, 0.25) is 0 Å². The fourth-order valence-corrected chi connectivity index (χ4v) is 2.12. The maximum atomic E-state index is 2.33. The van der Waals surface area contributed by atoms with Gasteiger partial charge in [-0.25, -0.2) is 0 Å². The molecule has 0 saturated carbocycles. The zero-order valence-corrected chi connectivity index (χ0v) is 5.83. The second kappa shape index (κ2) is 1.63. The Labute approximate surface area is 44.1 Å². The van der Waals surface area contributed by atoms with Crippen molar-refractivity contribution in [1.29, 1.82) is 0 Å². The molecule has 0 aromatic carbocycles. The Hall–Kier alpha value is -0.000519. The third kappa shape index (κ3) is 0.734. The molecule has 1 heterocycles. The molecule has 0 N–H and O–H groups in total. The van der Waals surface area contributed by atoms with Crippen LogP contribution in [0.25, 0.3) is 0 Å². The van der Waals surface area contributed by atoms with E-state index in [4.69, 9.17) is 0 Å². The molecule has 0 atom stereocenters. The third-order valence-electron chi connectivity index (χ3n) is 0.753. The van der Waals surface area contributed by atoms with Crippen molar-refractivity contribution in [1.82, 2.24) is 0 Å². The molecule has 0 nitrogen and oxygen atoms in total. The molecule has 6 heavy (non-hydrogen) atoms. The molecule has 0 aliphatic carbocycles. The summed E-state index contributed by atoms with van der Waals surface area (Å²) in [6, 6.07) is 0. The summed E-state index contributed by atoms with van der Waals surface area (Å²) in [5, 5.41) is 0. The summed E-state index contributed by atoms with van der Waals surface area (Å²) in [6.45, 7) is 2.15. The first kappa shape index (κ1) is 4.17. The first-order chi connectivity index (χ1) is 2.89. The van der Waals surface area contributed by atoms with Crippen molar-refractivity contribution in [3.05, 3.63) is 21.6 Å². The van der Waals surface area contributed by atoms with Crippen LogP contribution in [-0.4, -0.2) is 15.0 Å². The van der Waals surface area contributed by atoms with Gasteiger partial charge >= 0.3 is 43.5 Å². The Bertz CT molecular complexity index is 97.8. The first-order valence-corrected chi connectivity index (χ1v) is 4.41. The molecule has 0 bridgehead atoms. The molecule has 0 fully saturated rings.